The number of hydrogen-bond acceptors (Lipinski definition) is 8. The van der Waals surface area contributed by atoms with Crippen LogP contribution in [0.1, 0.15) is 373 Å². The molecule has 0 heterocycles. The predicted molar refractivity (Wildman–Crippen MR) is 417 cm³/mol. The number of esters is 2. The molecule has 560 valence electrons. The first-order valence-corrected chi connectivity index (χ1v) is 41.0. The van der Waals surface area contributed by atoms with Crippen molar-refractivity contribution in [1.29, 1.82) is 0 Å². The van der Waals surface area contributed by atoms with Gasteiger partial charge in [0.25, 0.3) is 0 Å². The second-order valence-electron chi connectivity index (χ2n) is 28.7. The van der Waals surface area contributed by atoms with Crippen LogP contribution in [0.4, 0.5) is 0 Å². The summed E-state index contributed by atoms with van der Waals surface area (Å²) in [4.78, 5) is 37.6. The van der Waals surface area contributed by atoms with Gasteiger partial charge in [0.15, 0.2) is 12.4 Å². The van der Waals surface area contributed by atoms with Gasteiger partial charge in [-0.2, -0.15) is 0 Å². The molecule has 0 aliphatic carbocycles. The Kier molecular flexibility index (Phi) is 74.4. The zero-order chi connectivity index (χ0) is 70.4. The topological polar surface area (TPSA) is 111 Å². The fraction of sp³-hybridized carbons (Fsp3) is 0.761. The molecule has 2 unspecified atom stereocenters. The van der Waals surface area contributed by atoms with Crippen LogP contribution in [0, 0.1) is 0 Å². The maximum atomic E-state index is 13.0. The average molecular weight is 1360 g/mol. The zero-order valence-corrected chi connectivity index (χ0v) is 64.2. The number of unbranched alkanes of at least 4 members (excludes halogenated alkanes) is 43. The maximum absolute atomic E-state index is 13.0. The van der Waals surface area contributed by atoms with Crippen LogP contribution in [0.15, 0.2) is 109 Å². The summed E-state index contributed by atoms with van der Waals surface area (Å²) in [5, 5.41) is 11.9. The zero-order valence-electron chi connectivity index (χ0n) is 64.2. The summed E-state index contributed by atoms with van der Waals surface area (Å²) >= 11 is 0. The highest BCUT2D eigenvalue weighted by Crippen LogP contribution is 2.19. The third kappa shape index (κ3) is 79.2. The average Bonchev–Trinajstić information content (AvgIpc) is 2.39. The number of aliphatic carboxylic acids is 1. The maximum Gasteiger partial charge on any atom is 0.306 e. The standard InChI is InChI=1S/C88H155NO8/c1-6-8-10-12-14-16-18-20-22-24-26-28-30-32-34-36-38-40-41-42-43-44-45-47-49-51-53-55-57-59-61-63-65-67-69-71-73-75-77-79-86(91)97-84(83-96-88(87(92)93)94-81-80-89(3,4)5)82-95-85(90)78-76-74-72-70-68-66-64-62-60-58-56-54-52-50-48-46-39-37-35-33-31-29-27-25-23-21-19-17-15-13-11-9-7-2/h8,10,14,16,20,22,26,28,32,34,38,40,42-43,45,47,51,53,84,88H,6-7,9,11-13,15,17-19,21,23-25,27,29-31,33,35-37,39,41,44,46,48-50,52,54-83H2,1-5H3/b10-8-,16-14-,22-20-,28-26-,34-32-,40-38-,43-42-,47-45-,53-51-. The van der Waals surface area contributed by atoms with Crippen LogP contribution in [-0.2, 0) is 33.3 Å². The highest BCUT2D eigenvalue weighted by molar-refractivity contribution is 5.70. The minimum Gasteiger partial charge on any atom is -0.545 e. The van der Waals surface area contributed by atoms with E-state index in [9.17, 15) is 19.5 Å². The molecule has 0 radical (unpaired) electrons. The molecule has 0 aromatic carbocycles. The lowest BCUT2D eigenvalue weighted by atomic mass is 10.0. The molecule has 0 N–H and O–H groups in total. The Balaban J connectivity index is 4.04. The molecule has 97 heavy (non-hydrogen) atoms. The van der Waals surface area contributed by atoms with Crippen molar-refractivity contribution in [1.82, 2.24) is 0 Å². The van der Waals surface area contributed by atoms with Crippen molar-refractivity contribution >= 4 is 17.9 Å². The van der Waals surface area contributed by atoms with Crippen molar-refractivity contribution < 1.29 is 42.9 Å². The molecule has 0 rings (SSSR count). The molecule has 9 heteroatoms. The van der Waals surface area contributed by atoms with E-state index in [2.05, 4.69) is 123 Å². The van der Waals surface area contributed by atoms with Gasteiger partial charge in [0.1, 0.15) is 13.2 Å². The highest BCUT2D eigenvalue weighted by atomic mass is 16.7. The van der Waals surface area contributed by atoms with E-state index in [0.717, 1.165) is 103 Å². The number of allylic oxidation sites excluding steroid dienone is 18. The molecule has 0 saturated carbocycles. The van der Waals surface area contributed by atoms with Gasteiger partial charge in [-0.1, -0.05) is 386 Å². The molecule has 0 spiro atoms. The Hall–Kier alpha value is -4.05. The molecule has 0 aromatic heterocycles. The second-order valence-corrected chi connectivity index (χ2v) is 28.7. The van der Waals surface area contributed by atoms with Gasteiger partial charge in [-0.3, -0.25) is 9.59 Å². The van der Waals surface area contributed by atoms with Crippen LogP contribution < -0.4 is 5.11 Å². The third-order valence-electron chi connectivity index (χ3n) is 18.0. The van der Waals surface area contributed by atoms with Gasteiger partial charge in [-0.05, 0) is 83.5 Å². The lowest BCUT2D eigenvalue weighted by Gasteiger charge is -2.26. The fourth-order valence-corrected chi connectivity index (χ4v) is 11.8. The van der Waals surface area contributed by atoms with E-state index in [1.54, 1.807) is 0 Å². The van der Waals surface area contributed by atoms with Gasteiger partial charge in [0.05, 0.1) is 40.3 Å². The van der Waals surface area contributed by atoms with Crippen molar-refractivity contribution in [2.75, 3.05) is 47.5 Å². The summed E-state index contributed by atoms with van der Waals surface area (Å²) in [6, 6.07) is 0. The largest absolute Gasteiger partial charge is 0.545 e. The number of ether oxygens (including phenoxy) is 4. The van der Waals surface area contributed by atoms with E-state index in [4.69, 9.17) is 18.9 Å². The van der Waals surface area contributed by atoms with Crippen molar-refractivity contribution in [3.8, 4) is 0 Å². The number of carboxylic acids is 1. The van der Waals surface area contributed by atoms with Crippen molar-refractivity contribution in [3.05, 3.63) is 109 Å². The molecular formula is C88H155NO8. The summed E-state index contributed by atoms with van der Waals surface area (Å²) in [7, 11) is 5.94. The summed E-state index contributed by atoms with van der Waals surface area (Å²) in [6.45, 7) is 4.68. The van der Waals surface area contributed by atoms with Crippen LogP contribution in [0.3, 0.4) is 0 Å². The van der Waals surface area contributed by atoms with E-state index in [-0.39, 0.29) is 32.2 Å². The Morgan fingerprint density at radius 2 is 0.588 bits per heavy atom. The lowest BCUT2D eigenvalue weighted by molar-refractivity contribution is -0.870. The Bertz CT molecular complexity index is 1970. The van der Waals surface area contributed by atoms with E-state index in [0.29, 0.717) is 23.9 Å². The van der Waals surface area contributed by atoms with Gasteiger partial charge >= 0.3 is 11.9 Å². The Morgan fingerprint density at radius 3 is 0.876 bits per heavy atom. The minimum absolute atomic E-state index is 0.145. The van der Waals surface area contributed by atoms with E-state index >= 15 is 0 Å². The third-order valence-corrected chi connectivity index (χ3v) is 18.0. The van der Waals surface area contributed by atoms with Gasteiger partial charge in [0, 0.05) is 12.8 Å². The highest BCUT2D eigenvalue weighted by Gasteiger charge is 2.22. The smallest absolute Gasteiger partial charge is 0.306 e. The molecular weight excluding hydrogens is 1200 g/mol. The second kappa shape index (κ2) is 77.7. The number of quaternary nitrogens is 1. The first-order valence-electron chi connectivity index (χ1n) is 41.0. The number of nitrogens with zero attached hydrogens (tertiary/aromatic N) is 1. The van der Waals surface area contributed by atoms with Crippen molar-refractivity contribution in [2.45, 2.75) is 386 Å². The molecule has 0 aliphatic heterocycles. The van der Waals surface area contributed by atoms with Crippen LogP contribution >= 0.6 is 0 Å². The Morgan fingerprint density at radius 1 is 0.320 bits per heavy atom. The quantitative estimate of drug-likeness (QED) is 0.0195. The fourth-order valence-electron chi connectivity index (χ4n) is 11.8. The predicted octanol–water partition coefficient (Wildman–Crippen LogP) is 25.1. The van der Waals surface area contributed by atoms with E-state index in [1.807, 2.05) is 21.1 Å². The van der Waals surface area contributed by atoms with E-state index in [1.165, 1.54) is 238 Å². The molecule has 0 bridgehead atoms. The number of likely N-dealkylation sites (N-methyl/N-ethyl adjacent to an activating group) is 1. The number of rotatable bonds is 76. The van der Waals surface area contributed by atoms with Crippen molar-refractivity contribution in [2.24, 2.45) is 0 Å². The van der Waals surface area contributed by atoms with Gasteiger partial charge in [-0.15, -0.1) is 0 Å². The summed E-state index contributed by atoms with van der Waals surface area (Å²) in [5.74, 6) is -2.27. The normalized spacial score (nSPS) is 13.2. The Labute approximate surface area is 600 Å². The van der Waals surface area contributed by atoms with Crippen LogP contribution in [-0.4, -0.2) is 82.3 Å². The first-order chi connectivity index (χ1) is 47.6. The van der Waals surface area contributed by atoms with Crippen LogP contribution in [0.2, 0.25) is 0 Å². The molecule has 0 saturated heterocycles. The number of carboxylic acid groups (broad SMARTS) is 1. The number of carbonyl (C=O) groups excluding carboxylic acids is 3. The summed E-state index contributed by atoms with van der Waals surface area (Å²) in [6.07, 6.45) is 106. The molecule has 9 nitrogen and oxygen atoms in total. The molecule has 0 aliphatic rings. The first kappa shape index (κ1) is 93.0. The monoisotopic (exact) mass is 1350 g/mol. The van der Waals surface area contributed by atoms with Crippen LogP contribution in [0.25, 0.3) is 0 Å². The molecule has 2 atom stereocenters. The molecule has 0 fully saturated rings. The summed E-state index contributed by atoms with van der Waals surface area (Å²) < 4.78 is 22.9. The van der Waals surface area contributed by atoms with Gasteiger partial charge in [0.2, 0.25) is 0 Å². The van der Waals surface area contributed by atoms with Crippen molar-refractivity contribution in [3.63, 3.8) is 0 Å². The minimum atomic E-state index is -1.63. The number of hydrogen-bond donors (Lipinski definition) is 0. The van der Waals surface area contributed by atoms with Gasteiger partial charge < -0.3 is 33.3 Å². The molecule has 0 amide bonds. The van der Waals surface area contributed by atoms with Gasteiger partial charge in [-0.25, -0.2) is 0 Å². The lowest BCUT2D eigenvalue weighted by Crippen LogP contribution is -2.44. The SMILES string of the molecule is CC/C=C\C/C=C\C/C=C\C/C=C\C/C=C\C/C=C\C/C=C\C/C=C\C/C=C\CCCCCCCCCCCCCC(=O)OC(COC(=O)CCCCCCCCCCCCCCCCCCCCCCCCCCCCCCCCCCC)COC(OCC[N+](C)(C)C)C(=O)[O-]. The van der Waals surface area contributed by atoms with Crippen LogP contribution in [0.5, 0.6) is 0 Å². The summed E-state index contributed by atoms with van der Waals surface area (Å²) in [5.41, 5.74) is 0. The molecule has 0 aromatic rings. The number of carbonyl (C=O) groups is 3. The van der Waals surface area contributed by atoms with E-state index < -0.39 is 24.3 Å².